The first-order chi connectivity index (χ1) is 5.63. The Kier molecular flexibility index (Phi) is 2.16. The number of nitrogen functional groups attached to an aromatic ring is 1. The number of carboxylic acids is 1. The Labute approximate surface area is 68.4 Å². The van der Waals surface area contributed by atoms with Gasteiger partial charge >= 0.3 is 5.97 Å². The molecule has 12 heavy (non-hydrogen) atoms. The van der Waals surface area contributed by atoms with Crippen molar-refractivity contribution >= 4 is 11.7 Å². The first kappa shape index (κ1) is 8.35. The van der Waals surface area contributed by atoms with Crippen molar-refractivity contribution in [1.82, 2.24) is 0 Å². The number of phenols is 1. The average Bonchev–Trinajstić information content (AvgIpc) is 2.03. The third-order valence-electron chi connectivity index (χ3n) is 1.33. The van der Waals surface area contributed by atoms with Crippen LogP contribution in [-0.4, -0.2) is 16.2 Å². The minimum absolute atomic E-state index is 0.0112. The van der Waals surface area contributed by atoms with E-state index in [-0.39, 0.29) is 11.3 Å². The highest BCUT2D eigenvalue weighted by molar-refractivity contribution is 5.89. The van der Waals surface area contributed by atoms with Crippen LogP contribution in [0, 0.1) is 0 Å². The predicted molar refractivity (Wildman–Crippen MR) is 42.9 cm³/mol. The lowest BCUT2D eigenvalue weighted by molar-refractivity contribution is 0.0696. The number of nitrogens with one attached hydrogen (secondary N) is 1. The van der Waals surface area contributed by atoms with Crippen molar-refractivity contribution in [3.05, 3.63) is 23.8 Å². The first-order valence-corrected chi connectivity index (χ1v) is 3.17. The molecule has 5 heteroatoms. The second-order valence-electron chi connectivity index (χ2n) is 2.22. The topological polar surface area (TPSA) is 95.6 Å². The highest BCUT2D eigenvalue weighted by Gasteiger charge is 2.05. The molecular formula is C7H8N2O3. The first-order valence-electron chi connectivity index (χ1n) is 3.17. The van der Waals surface area contributed by atoms with E-state index in [2.05, 4.69) is 5.43 Å². The molecule has 0 saturated heterocycles. The van der Waals surface area contributed by atoms with Crippen molar-refractivity contribution in [1.29, 1.82) is 0 Å². The van der Waals surface area contributed by atoms with Crippen molar-refractivity contribution in [3.8, 4) is 5.75 Å². The van der Waals surface area contributed by atoms with Crippen LogP contribution in [0.2, 0.25) is 0 Å². The minimum Gasteiger partial charge on any atom is -0.508 e. The van der Waals surface area contributed by atoms with Gasteiger partial charge in [0.15, 0.2) is 0 Å². The number of aromatic hydroxyl groups is 1. The fraction of sp³-hybridized carbons (Fsp3) is 0. The molecule has 5 nitrogen and oxygen atoms in total. The van der Waals surface area contributed by atoms with Crippen molar-refractivity contribution in [2.24, 2.45) is 5.84 Å². The van der Waals surface area contributed by atoms with Crippen LogP contribution < -0.4 is 11.3 Å². The molecular weight excluding hydrogens is 160 g/mol. The summed E-state index contributed by atoms with van der Waals surface area (Å²) in [6.07, 6.45) is 0. The summed E-state index contributed by atoms with van der Waals surface area (Å²) in [4.78, 5) is 10.4. The second-order valence-corrected chi connectivity index (χ2v) is 2.22. The second kappa shape index (κ2) is 3.10. The molecule has 0 unspecified atom stereocenters. The molecule has 0 spiro atoms. The number of phenolic OH excluding ortho intramolecular Hbond substituents is 1. The van der Waals surface area contributed by atoms with E-state index < -0.39 is 5.97 Å². The van der Waals surface area contributed by atoms with E-state index >= 15 is 0 Å². The highest BCUT2D eigenvalue weighted by Crippen LogP contribution is 2.18. The maximum atomic E-state index is 10.4. The lowest BCUT2D eigenvalue weighted by Crippen LogP contribution is -2.07. The van der Waals surface area contributed by atoms with Gasteiger partial charge in [-0.05, 0) is 12.1 Å². The number of aromatic carboxylic acids is 1. The summed E-state index contributed by atoms with van der Waals surface area (Å²) in [7, 11) is 0. The third-order valence-corrected chi connectivity index (χ3v) is 1.33. The summed E-state index contributed by atoms with van der Waals surface area (Å²) >= 11 is 0. The van der Waals surface area contributed by atoms with E-state index in [1.807, 2.05) is 0 Å². The van der Waals surface area contributed by atoms with Gasteiger partial charge in [0.05, 0.1) is 11.3 Å². The molecule has 1 rings (SSSR count). The lowest BCUT2D eigenvalue weighted by atomic mass is 10.2. The smallest absolute Gasteiger partial charge is 0.335 e. The number of carbonyl (C=O) groups is 1. The standard InChI is InChI=1S/C7H8N2O3/c8-9-5-1-4(7(11)12)2-6(10)3-5/h1-3,9-10H,8H2,(H,11,12). The number of hydrogen-bond acceptors (Lipinski definition) is 4. The van der Waals surface area contributed by atoms with E-state index in [9.17, 15) is 4.79 Å². The van der Waals surface area contributed by atoms with Crippen LogP contribution >= 0.6 is 0 Å². The quantitative estimate of drug-likeness (QED) is 0.378. The van der Waals surface area contributed by atoms with Gasteiger partial charge in [-0.3, -0.25) is 5.84 Å². The normalized spacial score (nSPS) is 9.42. The molecule has 0 atom stereocenters. The molecule has 0 saturated carbocycles. The maximum absolute atomic E-state index is 10.4. The summed E-state index contributed by atoms with van der Waals surface area (Å²) in [5.74, 6) is 3.79. The Morgan fingerprint density at radius 2 is 2.08 bits per heavy atom. The van der Waals surface area contributed by atoms with Crippen LogP contribution in [-0.2, 0) is 0 Å². The zero-order valence-corrected chi connectivity index (χ0v) is 6.11. The van der Waals surface area contributed by atoms with Gasteiger partial charge in [-0.2, -0.15) is 0 Å². The van der Waals surface area contributed by atoms with Gasteiger partial charge in [0.2, 0.25) is 0 Å². The molecule has 0 radical (unpaired) electrons. The van der Waals surface area contributed by atoms with Gasteiger partial charge in [0.25, 0.3) is 0 Å². The molecule has 0 aliphatic heterocycles. The minimum atomic E-state index is -1.11. The third kappa shape index (κ3) is 1.64. The van der Waals surface area contributed by atoms with Crippen molar-refractivity contribution < 1.29 is 15.0 Å². The number of hydrazine groups is 1. The molecule has 0 amide bonds. The van der Waals surface area contributed by atoms with E-state index in [1.54, 1.807) is 0 Å². The molecule has 1 aromatic carbocycles. The maximum Gasteiger partial charge on any atom is 0.335 e. The number of benzene rings is 1. The Morgan fingerprint density at radius 3 is 2.58 bits per heavy atom. The number of anilines is 1. The molecule has 0 aliphatic rings. The number of rotatable bonds is 2. The Morgan fingerprint density at radius 1 is 1.42 bits per heavy atom. The average molecular weight is 168 g/mol. The van der Waals surface area contributed by atoms with Crippen LogP contribution in [0.3, 0.4) is 0 Å². The molecule has 0 bridgehead atoms. The van der Waals surface area contributed by atoms with Gasteiger partial charge in [-0.1, -0.05) is 0 Å². The summed E-state index contributed by atoms with van der Waals surface area (Å²) in [5.41, 5.74) is 2.58. The molecule has 5 N–H and O–H groups in total. The van der Waals surface area contributed by atoms with Crippen molar-refractivity contribution in [3.63, 3.8) is 0 Å². The van der Waals surface area contributed by atoms with Gasteiger partial charge in [-0.25, -0.2) is 4.79 Å². The fourth-order valence-electron chi connectivity index (χ4n) is 0.818. The number of carboxylic acid groups (broad SMARTS) is 1. The van der Waals surface area contributed by atoms with Gasteiger partial charge in [-0.15, -0.1) is 0 Å². The van der Waals surface area contributed by atoms with E-state index in [0.29, 0.717) is 5.69 Å². The molecule has 0 aliphatic carbocycles. The zero-order valence-electron chi connectivity index (χ0n) is 6.11. The highest BCUT2D eigenvalue weighted by atomic mass is 16.4. The van der Waals surface area contributed by atoms with E-state index in [0.717, 1.165) is 6.07 Å². The number of nitrogens with two attached hydrogens (primary N) is 1. The largest absolute Gasteiger partial charge is 0.508 e. The summed E-state index contributed by atoms with van der Waals surface area (Å²) in [5, 5.41) is 17.6. The van der Waals surface area contributed by atoms with Gasteiger partial charge < -0.3 is 15.6 Å². The SMILES string of the molecule is NNc1cc(O)cc(C(=O)O)c1. The lowest BCUT2D eigenvalue weighted by Gasteiger charge is -2.02. The van der Waals surface area contributed by atoms with Gasteiger partial charge in [0.1, 0.15) is 5.75 Å². The van der Waals surface area contributed by atoms with Crippen molar-refractivity contribution in [2.75, 3.05) is 5.43 Å². The van der Waals surface area contributed by atoms with E-state index in [4.69, 9.17) is 16.1 Å². The van der Waals surface area contributed by atoms with Gasteiger partial charge in [0, 0.05) is 6.07 Å². The summed E-state index contributed by atoms with van der Waals surface area (Å²) in [6, 6.07) is 3.79. The molecule has 1 aromatic rings. The Balaban J connectivity index is 3.15. The predicted octanol–water partition coefficient (Wildman–Crippen LogP) is 0.376. The fourth-order valence-corrected chi connectivity index (χ4v) is 0.818. The van der Waals surface area contributed by atoms with Crippen LogP contribution in [0.5, 0.6) is 5.75 Å². The number of hydrogen-bond donors (Lipinski definition) is 4. The molecule has 64 valence electrons. The van der Waals surface area contributed by atoms with Crippen LogP contribution in [0.15, 0.2) is 18.2 Å². The summed E-state index contributed by atoms with van der Waals surface area (Å²) < 4.78 is 0. The zero-order chi connectivity index (χ0) is 9.14. The van der Waals surface area contributed by atoms with Crippen LogP contribution in [0.25, 0.3) is 0 Å². The van der Waals surface area contributed by atoms with E-state index in [1.165, 1.54) is 12.1 Å². The Bertz CT molecular complexity index is 312. The molecule has 0 fully saturated rings. The monoisotopic (exact) mass is 168 g/mol. The molecule has 0 heterocycles. The van der Waals surface area contributed by atoms with Crippen LogP contribution in [0.1, 0.15) is 10.4 Å². The summed E-state index contributed by atoms with van der Waals surface area (Å²) in [6.45, 7) is 0. The Hall–Kier alpha value is -1.75. The van der Waals surface area contributed by atoms with Crippen LogP contribution in [0.4, 0.5) is 5.69 Å². The molecule has 0 aromatic heterocycles. The van der Waals surface area contributed by atoms with Crippen molar-refractivity contribution in [2.45, 2.75) is 0 Å².